The van der Waals surface area contributed by atoms with Crippen LogP contribution < -0.4 is 9.47 Å². The molecule has 0 amide bonds. The number of methoxy groups -OCH3 is 1. The molecule has 0 spiro atoms. The van der Waals surface area contributed by atoms with Crippen LogP contribution in [-0.2, 0) is 9.53 Å². The van der Waals surface area contributed by atoms with Crippen LogP contribution >= 0.6 is 0 Å². The van der Waals surface area contributed by atoms with Gasteiger partial charge in [0.1, 0.15) is 6.42 Å². The Hall–Kier alpha value is -1.71. The van der Waals surface area contributed by atoms with Gasteiger partial charge in [-0.1, -0.05) is 12.1 Å². The highest BCUT2D eigenvalue weighted by Gasteiger charge is 2.39. The van der Waals surface area contributed by atoms with Gasteiger partial charge in [-0.05, 0) is 12.1 Å². The van der Waals surface area contributed by atoms with Gasteiger partial charge in [-0.2, -0.15) is 0 Å². The number of hydrogen-bond donors (Lipinski definition) is 0. The van der Waals surface area contributed by atoms with Gasteiger partial charge in [0, 0.05) is 6.92 Å². The average Bonchev–Trinajstić information content (AvgIpc) is 2.53. The van der Waals surface area contributed by atoms with E-state index < -0.39 is 5.79 Å². The number of esters is 1. The molecule has 0 fully saturated rings. The van der Waals surface area contributed by atoms with Crippen molar-refractivity contribution in [3.63, 3.8) is 0 Å². The molecule has 0 saturated heterocycles. The summed E-state index contributed by atoms with van der Waals surface area (Å²) < 4.78 is 15.7. The molecule has 2 rings (SSSR count). The minimum absolute atomic E-state index is 0.0676. The smallest absolute Gasteiger partial charge is 0.313 e. The third-order valence-electron chi connectivity index (χ3n) is 2.19. The highest BCUT2D eigenvalue weighted by Crippen LogP contribution is 2.40. The quantitative estimate of drug-likeness (QED) is 0.694. The van der Waals surface area contributed by atoms with Crippen LogP contribution in [0.4, 0.5) is 0 Å². The zero-order valence-corrected chi connectivity index (χ0v) is 8.65. The van der Waals surface area contributed by atoms with Crippen LogP contribution in [0, 0.1) is 0 Å². The first-order chi connectivity index (χ1) is 7.13. The first-order valence-electron chi connectivity index (χ1n) is 4.67. The van der Waals surface area contributed by atoms with E-state index in [1.807, 2.05) is 12.1 Å². The number of hydrogen-bond acceptors (Lipinski definition) is 4. The topological polar surface area (TPSA) is 44.8 Å². The second-order valence-corrected chi connectivity index (χ2v) is 3.54. The molecular formula is C11H12O4. The van der Waals surface area contributed by atoms with Crippen molar-refractivity contribution in [2.45, 2.75) is 19.1 Å². The van der Waals surface area contributed by atoms with E-state index in [1.54, 1.807) is 19.1 Å². The van der Waals surface area contributed by atoms with Crippen LogP contribution in [-0.4, -0.2) is 18.9 Å². The molecule has 15 heavy (non-hydrogen) atoms. The van der Waals surface area contributed by atoms with Crippen LogP contribution in [0.5, 0.6) is 11.5 Å². The lowest BCUT2D eigenvalue weighted by Gasteiger charge is -2.21. The van der Waals surface area contributed by atoms with Crippen molar-refractivity contribution < 1.29 is 19.0 Å². The Bertz CT molecular complexity index is 361. The number of carbonyl (C=O) groups excluding carboxylic acids is 1. The number of rotatable bonds is 2. The fraction of sp³-hybridized carbons (Fsp3) is 0.364. The number of fused-ring (bicyclic) bond motifs is 1. The maximum Gasteiger partial charge on any atom is 0.313 e. The molecule has 0 bridgehead atoms. The molecule has 0 unspecified atom stereocenters. The Labute approximate surface area is 87.8 Å². The fourth-order valence-electron chi connectivity index (χ4n) is 1.51. The highest BCUT2D eigenvalue weighted by atomic mass is 16.7. The normalized spacial score (nSPS) is 16.1. The largest absolute Gasteiger partial charge is 0.469 e. The number of benzene rings is 1. The Balaban J connectivity index is 2.14. The highest BCUT2D eigenvalue weighted by molar-refractivity contribution is 5.70. The van der Waals surface area contributed by atoms with Crippen LogP contribution in [0.1, 0.15) is 13.3 Å². The Morgan fingerprint density at radius 1 is 1.33 bits per heavy atom. The van der Waals surface area contributed by atoms with Crippen LogP contribution in [0.25, 0.3) is 0 Å². The Morgan fingerprint density at radius 3 is 2.33 bits per heavy atom. The predicted molar refractivity (Wildman–Crippen MR) is 52.7 cm³/mol. The summed E-state index contributed by atoms with van der Waals surface area (Å²) >= 11 is 0. The van der Waals surface area contributed by atoms with E-state index in [0.29, 0.717) is 11.5 Å². The van der Waals surface area contributed by atoms with Crippen molar-refractivity contribution >= 4 is 5.97 Å². The lowest BCUT2D eigenvalue weighted by Crippen LogP contribution is -2.37. The van der Waals surface area contributed by atoms with Crippen molar-refractivity contribution in [2.75, 3.05) is 7.11 Å². The zero-order chi connectivity index (χ0) is 10.9. The standard InChI is InChI=1S/C11H12O4/c1-11(7-10(12)13-2)14-8-5-3-4-6-9(8)15-11/h3-6H,7H2,1-2H3. The van der Waals surface area contributed by atoms with Crippen molar-refractivity contribution in [1.29, 1.82) is 0 Å². The summed E-state index contributed by atoms with van der Waals surface area (Å²) in [5, 5.41) is 0. The fourth-order valence-corrected chi connectivity index (χ4v) is 1.51. The summed E-state index contributed by atoms with van der Waals surface area (Å²) in [6.45, 7) is 1.71. The molecule has 0 atom stereocenters. The lowest BCUT2D eigenvalue weighted by atomic mass is 10.2. The SMILES string of the molecule is COC(=O)CC1(C)Oc2ccccc2O1. The summed E-state index contributed by atoms with van der Waals surface area (Å²) in [6, 6.07) is 7.31. The molecule has 4 nitrogen and oxygen atoms in total. The van der Waals surface area contributed by atoms with Crippen molar-refractivity contribution in [3.05, 3.63) is 24.3 Å². The van der Waals surface area contributed by atoms with Gasteiger partial charge < -0.3 is 14.2 Å². The molecule has 0 aromatic heterocycles. The minimum Gasteiger partial charge on any atom is -0.469 e. The molecular weight excluding hydrogens is 196 g/mol. The van der Waals surface area contributed by atoms with Gasteiger partial charge in [-0.15, -0.1) is 0 Å². The van der Waals surface area contributed by atoms with Crippen molar-refractivity contribution in [1.82, 2.24) is 0 Å². The van der Waals surface area contributed by atoms with E-state index >= 15 is 0 Å². The first kappa shape index (κ1) is 9.83. The molecule has 80 valence electrons. The van der Waals surface area contributed by atoms with Crippen LogP contribution in [0.15, 0.2) is 24.3 Å². The summed E-state index contributed by atoms with van der Waals surface area (Å²) in [5.74, 6) is 0.00895. The lowest BCUT2D eigenvalue weighted by molar-refractivity contribution is -0.152. The van der Waals surface area contributed by atoms with Crippen molar-refractivity contribution in [3.8, 4) is 11.5 Å². The van der Waals surface area contributed by atoms with Crippen LogP contribution in [0.3, 0.4) is 0 Å². The second-order valence-electron chi connectivity index (χ2n) is 3.54. The van der Waals surface area contributed by atoms with Gasteiger partial charge in [0.25, 0.3) is 5.79 Å². The molecule has 1 aliphatic rings. The van der Waals surface area contributed by atoms with Gasteiger partial charge in [0.2, 0.25) is 0 Å². The van der Waals surface area contributed by atoms with E-state index in [-0.39, 0.29) is 12.4 Å². The third kappa shape index (κ3) is 1.88. The Kier molecular flexibility index (Phi) is 2.26. The molecule has 1 heterocycles. The van der Waals surface area contributed by atoms with Gasteiger partial charge in [-0.25, -0.2) is 0 Å². The van der Waals surface area contributed by atoms with Gasteiger partial charge in [0.15, 0.2) is 11.5 Å². The van der Waals surface area contributed by atoms with Crippen molar-refractivity contribution in [2.24, 2.45) is 0 Å². The predicted octanol–water partition coefficient (Wildman–Crippen LogP) is 1.74. The molecule has 0 saturated carbocycles. The average molecular weight is 208 g/mol. The van der Waals surface area contributed by atoms with E-state index in [1.165, 1.54) is 7.11 Å². The maximum absolute atomic E-state index is 11.1. The molecule has 1 aliphatic heterocycles. The molecule has 0 radical (unpaired) electrons. The van der Waals surface area contributed by atoms with Gasteiger partial charge >= 0.3 is 5.97 Å². The molecule has 1 aromatic carbocycles. The zero-order valence-electron chi connectivity index (χ0n) is 8.65. The minimum atomic E-state index is -0.948. The third-order valence-corrected chi connectivity index (χ3v) is 2.19. The van der Waals surface area contributed by atoms with E-state index in [9.17, 15) is 4.79 Å². The first-order valence-corrected chi connectivity index (χ1v) is 4.67. The summed E-state index contributed by atoms with van der Waals surface area (Å²) in [5.41, 5.74) is 0. The van der Waals surface area contributed by atoms with Gasteiger partial charge in [0.05, 0.1) is 7.11 Å². The maximum atomic E-state index is 11.1. The van der Waals surface area contributed by atoms with E-state index in [0.717, 1.165) is 0 Å². The van der Waals surface area contributed by atoms with Gasteiger partial charge in [-0.3, -0.25) is 4.79 Å². The summed E-state index contributed by atoms with van der Waals surface area (Å²) in [6.07, 6.45) is 0.0676. The second kappa shape index (κ2) is 3.46. The number of para-hydroxylation sites is 2. The summed E-state index contributed by atoms with van der Waals surface area (Å²) in [7, 11) is 1.34. The van der Waals surface area contributed by atoms with Crippen LogP contribution in [0.2, 0.25) is 0 Å². The molecule has 0 N–H and O–H groups in total. The van der Waals surface area contributed by atoms with E-state index in [2.05, 4.69) is 4.74 Å². The molecule has 1 aromatic rings. The Morgan fingerprint density at radius 2 is 1.87 bits per heavy atom. The summed E-state index contributed by atoms with van der Waals surface area (Å²) in [4.78, 5) is 11.1. The molecule has 0 aliphatic carbocycles. The number of ether oxygens (including phenoxy) is 3. The molecule has 4 heteroatoms. The van der Waals surface area contributed by atoms with E-state index in [4.69, 9.17) is 9.47 Å². The number of carbonyl (C=O) groups is 1. The monoisotopic (exact) mass is 208 g/mol.